The number of amides is 1. The molecule has 24 heavy (non-hydrogen) atoms. The molecule has 0 radical (unpaired) electrons. The van der Waals surface area contributed by atoms with Crippen LogP contribution in [-0.4, -0.2) is 45.0 Å². The number of unbranched alkanes of at least 4 members (excludes halogenated alkanes) is 1. The number of nitrogens with one attached hydrogen (secondary N) is 1. The highest BCUT2D eigenvalue weighted by atomic mass is 16.6. The zero-order valence-corrected chi connectivity index (χ0v) is 14.0. The molecule has 0 aliphatic rings. The van der Waals surface area contributed by atoms with Crippen molar-refractivity contribution in [2.24, 2.45) is 5.73 Å². The van der Waals surface area contributed by atoms with Gasteiger partial charge < -0.3 is 25.3 Å². The van der Waals surface area contributed by atoms with Gasteiger partial charge in [0.1, 0.15) is 19.3 Å². The Balaban J connectivity index is 2.02. The van der Waals surface area contributed by atoms with E-state index in [1.165, 1.54) is 7.11 Å². The molecule has 3 N–H and O–H groups in total. The van der Waals surface area contributed by atoms with Crippen molar-refractivity contribution in [1.82, 2.24) is 5.32 Å². The van der Waals surface area contributed by atoms with Crippen molar-refractivity contribution < 1.29 is 23.8 Å². The smallest absolute Gasteiger partial charge is 0.407 e. The monoisotopic (exact) mass is 338 g/mol. The van der Waals surface area contributed by atoms with Gasteiger partial charge in [-0.05, 0) is 24.8 Å². The molecule has 0 spiro atoms. The third-order valence-electron chi connectivity index (χ3n) is 3.26. The summed E-state index contributed by atoms with van der Waals surface area (Å²) in [6.07, 6.45) is 1.47. The maximum absolute atomic E-state index is 11.5. The lowest BCUT2D eigenvalue weighted by Crippen LogP contribution is -2.33. The Morgan fingerprint density at radius 2 is 1.88 bits per heavy atom. The summed E-state index contributed by atoms with van der Waals surface area (Å²) in [5, 5.41) is 2.66. The molecule has 0 heterocycles. The molecule has 1 aromatic rings. The van der Waals surface area contributed by atoms with Crippen LogP contribution in [-0.2, 0) is 25.6 Å². The molecule has 1 aromatic carbocycles. The van der Waals surface area contributed by atoms with Gasteiger partial charge in [0.05, 0.1) is 6.61 Å². The molecular weight excluding hydrogens is 312 g/mol. The number of ether oxygens (including phenoxy) is 3. The van der Waals surface area contributed by atoms with Gasteiger partial charge in [0.2, 0.25) is 0 Å². The molecule has 0 bridgehead atoms. The number of hydrogen-bond donors (Lipinski definition) is 2. The second kappa shape index (κ2) is 12.3. The number of alkyl carbamates (subject to hydrolysis) is 1. The van der Waals surface area contributed by atoms with E-state index in [0.717, 1.165) is 5.56 Å². The van der Waals surface area contributed by atoms with E-state index in [0.29, 0.717) is 32.4 Å². The van der Waals surface area contributed by atoms with Gasteiger partial charge in [0, 0.05) is 13.7 Å². The largest absolute Gasteiger partial charge is 0.462 e. The van der Waals surface area contributed by atoms with Crippen LogP contribution in [0.15, 0.2) is 30.3 Å². The minimum Gasteiger partial charge on any atom is -0.462 e. The Hall–Kier alpha value is -2.12. The van der Waals surface area contributed by atoms with E-state index in [-0.39, 0.29) is 13.2 Å². The first-order valence-corrected chi connectivity index (χ1v) is 7.99. The molecule has 0 aliphatic carbocycles. The molecular formula is C17H26N2O5. The average Bonchev–Trinajstić information content (AvgIpc) is 2.60. The summed E-state index contributed by atoms with van der Waals surface area (Å²) in [4.78, 5) is 23.0. The molecule has 7 nitrogen and oxygen atoms in total. The summed E-state index contributed by atoms with van der Waals surface area (Å²) >= 11 is 0. The summed E-state index contributed by atoms with van der Waals surface area (Å²) in [5.74, 6) is -0.428. The van der Waals surface area contributed by atoms with Crippen molar-refractivity contribution >= 4 is 12.1 Å². The van der Waals surface area contributed by atoms with Gasteiger partial charge in [0.15, 0.2) is 0 Å². The minimum absolute atomic E-state index is 0.206. The second-order valence-corrected chi connectivity index (χ2v) is 5.25. The van der Waals surface area contributed by atoms with E-state index in [1.54, 1.807) is 0 Å². The van der Waals surface area contributed by atoms with Crippen LogP contribution in [0.1, 0.15) is 24.8 Å². The summed E-state index contributed by atoms with van der Waals surface area (Å²) in [6, 6.07) is 8.81. The van der Waals surface area contributed by atoms with Crippen LogP contribution in [0.4, 0.5) is 4.79 Å². The van der Waals surface area contributed by atoms with Gasteiger partial charge in [0.25, 0.3) is 0 Å². The fraction of sp³-hybridized carbons (Fsp3) is 0.529. The van der Waals surface area contributed by atoms with E-state index >= 15 is 0 Å². The zero-order valence-electron chi connectivity index (χ0n) is 14.0. The zero-order chi connectivity index (χ0) is 17.6. The standard InChI is InChI=1S/C17H26N2O5/c1-22-11-12-23-16(20)15(18)9-5-6-10-19-17(21)24-13-14-7-3-2-4-8-14/h2-4,7-8,15H,5-6,9-13,18H2,1H3,(H,19,21). The number of esters is 1. The topological polar surface area (TPSA) is 99.9 Å². The Kier molecular flexibility index (Phi) is 10.2. The van der Waals surface area contributed by atoms with E-state index in [4.69, 9.17) is 19.9 Å². The van der Waals surface area contributed by atoms with Crippen LogP contribution in [0.25, 0.3) is 0 Å². The number of rotatable bonds is 11. The molecule has 0 aliphatic heterocycles. The Morgan fingerprint density at radius 1 is 1.12 bits per heavy atom. The highest BCUT2D eigenvalue weighted by Crippen LogP contribution is 2.02. The maximum Gasteiger partial charge on any atom is 0.407 e. The molecule has 0 saturated carbocycles. The third kappa shape index (κ3) is 9.12. The Labute approximate surface area is 142 Å². The second-order valence-electron chi connectivity index (χ2n) is 5.25. The lowest BCUT2D eigenvalue weighted by Gasteiger charge is -2.11. The van der Waals surface area contributed by atoms with E-state index in [9.17, 15) is 9.59 Å². The van der Waals surface area contributed by atoms with Crippen molar-refractivity contribution in [2.45, 2.75) is 31.9 Å². The molecule has 0 saturated heterocycles. The lowest BCUT2D eigenvalue weighted by atomic mass is 10.1. The molecule has 1 atom stereocenters. The van der Waals surface area contributed by atoms with Crippen molar-refractivity contribution in [3.63, 3.8) is 0 Å². The minimum atomic E-state index is -0.646. The van der Waals surface area contributed by atoms with Gasteiger partial charge in [-0.1, -0.05) is 30.3 Å². The molecule has 1 amide bonds. The fourth-order valence-electron chi connectivity index (χ4n) is 1.90. The quantitative estimate of drug-likeness (QED) is 0.469. The molecule has 0 fully saturated rings. The van der Waals surface area contributed by atoms with E-state index in [2.05, 4.69) is 5.32 Å². The van der Waals surface area contributed by atoms with E-state index in [1.807, 2.05) is 30.3 Å². The fourth-order valence-corrected chi connectivity index (χ4v) is 1.90. The molecule has 1 unspecified atom stereocenters. The van der Waals surface area contributed by atoms with Gasteiger partial charge in [-0.15, -0.1) is 0 Å². The number of methoxy groups -OCH3 is 1. The van der Waals surface area contributed by atoms with Crippen LogP contribution in [0.3, 0.4) is 0 Å². The first-order valence-electron chi connectivity index (χ1n) is 7.99. The molecule has 1 rings (SSSR count). The van der Waals surface area contributed by atoms with Gasteiger partial charge in [-0.3, -0.25) is 4.79 Å². The summed E-state index contributed by atoms with van der Waals surface area (Å²) in [7, 11) is 1.53. The highest BCUT2D eigenvalue weighted by molar-refractivity contribution is 5.75. The number of carbonyl (C=O) groups is 2. The van der Waals surface area contributed by atoms with Gasteiger partial charge in [-0.25, -0.2) is 4.79 Å². The first kappa shape index (κ1) is 19.9. The summed E-state index contributed by atoms with van der Waals surface area (Å²) < 4.78 is 14.8. The summed E-state index contributed by atoms with van der Waals surface area (Å²) in [5.41, 5.74) is 6.66. The number of carbonyl (C=O) groups excluding carboxylic acids is 2. The highest BCUT2D eigenvalue weighted by Gasteiger charge is 2.14. The molecule has 7 heteroatoms. The SMILES string of the molecule is COCCOC(=O)C(N)CCCCNC(=O)OCc1ccccc1. The molecule has 134 valence electrons. The first-order chi connectivity index (χ1) is 11.6. The van der Waals surface area contributed by atoms with Gasteiger partial charge in [-0.2, -0.15) is 0 Å². The molecule has 0 aromatic heterocycles. The van der Waals surface area contributed by atoms with E-state index < -0.39 is 18.1 Å². The predicted octanol–water partition coefficient (Wildman–Crippen LogP) is 1.60. The van der Waals surface area contributed by atoms with Crippen molar-refractivity contribution in [3.8, 4) is 0 Å². The summed E-state index contributed by atoms with van der Waals surface area (Å²) in [6.45, 7) is 1.27. The van der Waals surface area contributed by atoms with Crippen molar-refractivity contribution in [2.75, 3.05) is 26.9 Å². The number of benzene rings is 1. The van der Waals surface area contributed by atoms with Crippen LogP contribution in [0, 0.1) is 0 Å². The van der Waals surface area contributed by atoms with Gasteiger partial charge >= 0.3 is 12.1 Å². The Morgan fingerprint density at radius 3 is 2.58 bits per heavy atom. The maximum atomic E-state index is 11.5. The van der Waals surface area contributed by atoms with Crippen LogP contribution >= 0.6 is 0 Å². The Bertz CT molecular complexity index is 481. The third-order valence-corrected chi connectivity index (χ3v) is 3.26. The lowest BCUT2D eigenvalue weighted by molar-refractivity contribution is -0.146. The van der Waals surface area contributed by atoms with Crippen LogP contribution < -0.4 is 11.1 Å². The number of hydrogen-bond acceptors (Lipinski definition) is 6. The van der Waals surface area contributed by atoms with Crippen molar-refractivity contribution in [3.05, 3.63) is 35.9 Å². The van der Waals surface area contributed by atoms with Crippen LogP contribution in [0.5, 0.6) is 0 Å². The number of nitrogens with two attached hydrogens (primary N) is 1. The average molecular weight is 338 g/mol. The predicted molar refractivity (Wildman–Crippen MR) is 89.3 cm³/mol. The normalized spacial score (nSPS) is 11.6. The van der Waals surface area contributed by atoms with Crippen molar-refractivity contribution in [1.29, 1.82) is 0 Å². The van der Waals surface area contributed by atoms with Crippen LogP contribution in [0.2, 0.25) is 0 Å².